The molecule has 0 aromatic heterocycles. The largest absolute Gasteiger partial charge is 0.294 e. The second kappa shape index (κ2) is 5.46. The van der Waals surface area contributed by atoms with E-state index in [2.05, 4.69) is 0 Å². The van der Waals surface area contributed by atoms with Gasteiger partial charge in [-0.15, -0.1) is 0 Å². The summed E-state index contributed by atoms with van der Waals surface area (Å²) >= 11 is 5.69. The van der Waals surface area contributed by atoms with E-state index in [1.807, 2.05) is 0 Å². The molecule has 0 bridgehead atoms. The summed E-state index contributed by atoms with van der Waals surface area (Å²) in [7, 11) is -2.98. The van der Waals surface area contributed by atoms with Crippen LogP contribution in [0.15, 0.2) is 24.3 Å². The highest BCUT2D eigenvalue weighted by Gasteiger charge is 2.08. The predicted molar refractivity (Wildman–Crippen MR) is 64.7 cm³/mol. The molecule has 1 aromatic carbocycles. The lowest BCUT2D eigenvalue weighted by atomic mass is 10.1. The van der Waals surface area contributed by atoms with Crippen LogP contribution in [-0.4, -0.2) is 26.2 Å². The van der Waals surface area contributed by atoms with Gasteiger partial charge in [0.1, 0.15) is 9.84 Å². The first-order valence-electron chi connectivity index (χ1n) is 4.85. The second-order valence-electron chi connectivity index (χ2n) is 3.66. The lowest BCUT2D eigenvalue weighted by molar-refractivity contribution is 0.0982. The maximum atomic E-state index is 11.6. The van der Waals surface area contributed by atoms with E-state index < -0.39 is 9.84 Å². The Morgan fingerprint density at radius 1 is 1.25 bits per heavy atom. The van der Waals surface area contributed by atoms with Crippen LogP contribution in [0.25, 0.3) is 0 Å². The minimum Gasteiger partial charge on any atom is -0.294 e. The van der Waals surface area contributed by atoms with Gasteiger partial charge in [0.25, 0.3) is 0 Å². The van der Waals surface area contributed by atoms with Crippen molar-refractivity contribution in [3.63, 3.8) is 0 Å². The normalized spacial score (nSPS) is 11.4. The van der Waals surface area contributed by atoms with Gasteiger partial charge in [0.2, 0.25) is 0 Å². The molecule has 0 aliphatic rings. The molecule has 16 heavy (non-hydrogen) atoms. The average molecular weight is 261 g/mol. The molecule has 0 amide bonds. The fourth-order valence-corrected chi connectivity index (χ4v) is 2.07. The molecule has 1 rings (SSSR count). The summed E-state index contributed by atoms with van der Waals surface area (Å²) in [5, 5.41) is 0.577. The minimum absolute atomic E-state index is 0.0479. The number of ketones is 1. The molecule has 0 N–H and O–H groups in total. The first-order chi connectivity index (χ1) is 7.38. The molecule has 0 saturated carbocycles. The summed E-state index contributed by atoms with van der Waals surface area (Å²) in [6.07, 6.45) is 1.77. The minimum atomic E-state index is -2.98. The Balaban J connectivity index is 2.50. The maximum absolute atomic E-state index is 11.6. The summed E-state index contributed by atoms with van der Waals surface area (Å²) in [6.45, 7) is 0. The molecule has 0 unspecified atom stereocenters. The van der Waals surface area contributed by atoms with Gasteiger partial charge in [-0.2, -0.15) is 0 Å². The van der Waals surface area contributed by atoms with Gasteiger partial charge < -0.3 is 0 Å². The molecule has 0 radical (unpaired) electrons. The van der Waals surface area contributed by atoms with Crippen LogP contribution in [0.3, 0.4) is 0 Å². The molecule has 0 aliphatic carbocycles. The predicted octanol–water partition coefficient (Wildman–Crippen LogP) is 2.35. The maximum Gasteiger partial charge on any atom is 0.162 e. The number of carbonyl (C=O) groups excluding carboxylic acids is 1. The van der Waals surface area contributed by atoms with Crippen LogP contribution in [0, 0.1) is 0 Å². The van der Waals surface area contributed by atoms with Gasteiger partial charge in [0.15, 0.2) is 5.78 Å². The molecule has 0 spiro atoms. The topological polar surface area (TPSA) is 51.2 Å². The number of hydrogen-bond donors (Lipinski definition) is 0. The summed E-state index contributed by atoms with van der Waals surface area (Å²) in [5.74, 6) is -0.00732. The first-order valence-corrected chi connectivity index (χ1v) is 7.29. The zero-order valence-corrected chi connectivity index (χ0v) is 10.5. The molecule has 0 fully saturated rings. The standard InChI is InChI=1S/C11H13ClO3S/c1-16(14,15)8-2-3-11(13)9-4-6-10(12)7-5-9/h4-7H,2-3,8H2,1H3. The lowest BCUT2D eigenvalue weighted by Crippen LogP contribution is -2.06. The fraction of sp³-hybridized carbons (Fsp3) is 0.364. The molecule has 1 aromatic rings. The highest BCUT2D eigenvalue weighted by atomic mass is 35.5. The van der Waals surface area contributed by atoms with Crippen molar-refractivity contribution in [1.82, 2.24) is 0 Å². The third kappa shape index (κ3) is 4.77. The Morgan fingerprint density at radius 3 is 2.31 bits per heavy atom. The second-order valence-corrected chi connectivity index (χ2v) is 6.36. The monoisotopic (exact) mass is 260 g/mol. The molecular weight excluding hydrogens is 248 g/mol. The van der Waals surface area contributed by atoms with Crippen LogP contribution in [0.2, 0.25) is 5.02 Å². The van der Waals surface area contributed by atoms with Gasteiger partial charge in [-0.05, 0) is 30.7 Å². The van der Waals surface area contributed by atoms with Crippen LogP contribution >= 0.6 is 11.6 Å². The number of hydrogen-bond acceptors (Lipinski definition) is 3. The van der Waals surface area contributed by atoms with E-state index in [0.29, 0.717) is 17.0 Å². The quantitative estimate of drug-likeness (QED) is 0.764. The number of halogens is 1. The van der Waals surface area contributed by atoms with Crippen molar-refractivity contribution in [2.45, 2.75) is 12.8 Å². The highest BCUT2D eigenvalue weighted by molar-refractivity contribution is 7.90. The van der Waals surface area contributed by atoms with Gasteiger partial charge in [-0.1, -0.05) is 11.6 Å². The van der Waals surface area contributed by atoms with Gasteiger partial charge >= 0.3 is 0 Å². The Kier molecular flexibility index (Phi) is 4.50. The molecule has 0 atom stereocenters. The average Bonchev–Trinajstić information content (AvgIpc) is 2.16. The number of benzene rings is 1. The fourth-order valence-electron chi connectivity index (χ4n) is 1.28. The van der Waals surface area contributed by atoms with Gasteiger partial charge in [0, 0.05) is 23.3 Å². The zero-order valence-electron chi connectivity index (χ0n) is 8.94. The van der Waals surface area contributed by atoms with Crippen molar-refractivity contribution in [1.29, 1.82) is 0 Å². The van der Waals surface area contributed by atoms with Crippen molar-refractivity contribution in [2.75, 3.05) is 12.0 Å². The van der Waals surface area contributed by atoms with Crippen molar-refractivity contribution < 1.29 is 13.2 Å². The van der Waals surface area contributed by atoms with Gasteiger partial charge in [-0.3, -0.25) is 4.79 Å². The van der Waals surface area contributed by atoms with E-state index >= 15 is 0 Å². The highest BCUT2D eigenvalue weighted by Crippen LogP contribution is 2.12. The smallest absolute Gasteiger partial charge is 0.162 e. The van der Waals surface area contributed by atoms with Gasteiger partial charge in [-0.25, -0.2) is 8.42 Å². The number of sulfone groups is 1. The van der Waals surface area contributed by atoms with Crippen LogP contribution < -0.4 is 0 Å². The zero-order chi connectivity index (χ0) is 12.2. The van der Waals surface area contributed by atoms with E-state index in [1.165, 1.54) is 6.26 Å². The summed E-state index contributed by atoms with van der Waals surface area (Å²) in [4.78, 5) is 11.6. The third-order valence-corrected chi connectivity index (χ3v) is 3.37. The molecule has 0 aliphatic heterocycles. The molecule has 88 valence electrons. The van der Waals surface area contributed by atoms with E-state index in [9.17, 15) is 13.2 Å². The van der Waals surface area contributed by atoms with Crippen molar-refractivity contribution in [3.8, 4) is 0 Å². The van der Waals surface area contributed by atoms with Crippen LogP contribution in [0.4, 0.5) is 0 Å². The van der Waals surface area contributed by atoms with Crippen molar-refractivity contribution in [3.05, 3.63) is 34.9 Å². The Bertz CT molecular complexity index is 463. The Morgan fingerprint density at radius 2 is 1.81 bits per heavy atom. The Hall–Kier alpha value is -0.870. The van der Waals surface area contributed by atoms with Crippen molar-refractivity contribution >= 4 is 27.2 Å². The van der Waals surface area contributed by atoms with Crippen LogP contribution in [-0.2, 0) is 9.84 Å². The van der Waals surface area contributed by atoms with Crippen molar-refractivity contribution in [2.24, 2.45) is 0 Å². The SMILES string of the molecule is CS(=O)(=O)CCCC(=O)c1ccc(Cl)cc1. The summed E-state index contributed by atoms with van der Waals surface area (Å²) in [6, 6.07) is 6.58. The van der Waals surface area contributed by atoms with Crippen LogP contribution in [0.5, 0.6) is 0 Å². The molecule has 3 nitrogen and oxygen atoms in total. The summed E-state index contributed by atoms with van der Waals surface area (Å²) < 4.78 is 21.7. The number of rotatable bonds is 5. The molecule has 5 heteroatoms. The van der Waals surface area contributed by atoms with E-state index in [0.717, 1.165) is 0 Å². The van der Waals surface area contributed by atoms with Crippen LogP contribution in [0.1, 0.15) is 23.2 Å². The third-order valence-electron chi connectivity index (χ3n) is 2.09. The van der Waals surface area contributed by atoms with E-state index in [1.54, 1.807) is 24.3 Å². The first kappa shape index (κ1) is 13.2. The lowest BCUT2D eigenvalue weighted by Gasteiger charge is -2.00. The summed E-state index contributed by atoms with van der Waals surface area (Å²) in [5.41, 5.74) is 0.568. The molecule has 0 heterocycles. The molecular formula is C11H13ClO3S. The van der Waals surface area contributed by atoms with Gasteiger partial charge in [0.05, 0.1) is 5.75 Å². The number of Topliss-reactive ketones (excluding diaryl/α,β-unsaturated/α-hetero) is 1. The van der Waals surface area contributed by atoms with E-state index in [4.69, 9.17) is 11.6 Å². The Labute approximate surface area is 100 Å². The number of carbonyl (C=O) groups is 1. The van der Waals surface area contributed by atoms with E-state index in [-0.39, 0.29) is 18.0 Å². The molecule has 0 saturated heterocycles.